The highest BCUT2D eigenvalue weighted by Crippen LogP contribution is 2.46. The molecule has 3 aromatic carbocycles. The van der Waals surface area contributed by atoms with Gasteiger partial charge in [0.15, 0.2) is 11.5 Å². The van der Waals surface area contributed by atoms with Gasteiger partial charge in [-0.25, -0.2) is 0 Å². The maximum absolute atomic E-state index is 13.9. The maximum atomic E-state index is 13.9. The molecule has 2 unspecified atom stereocenters. The molecule has 0 aliphatic carbocycles. The number of halogens is 1. The third-order valence-corrected chi connectivity index (χ3v) is 6.85. The molecule has 7 nitrogen and oxygen atoms in total. The molecule has 0 bridgehead atoms. The number of likely N-dealkylation sites (N-methyl/N-ethyl adjacent to an activating group) is 1. The highest BCUT2D eigenvalue weighted by atomic mass is 79.9. The van der Waals surface area contributed by atoms with Crippen molar-refractivity contribution in [3.63, 3.8) is 0 Å². The quantitative estimate of drug-likeness (QED) is 0.458. The van der Waals surface area contributed by atoms with E-state index in [4.69, 9.17) is 14.2 Å². The van der Waals surface area contributed by atoms with Crippen LogP contribution >= 0.6 is 15.9 Å². The smallest absolute Gasteiger partial charge is 0.254 e. The van der Waals surface area contributed by atoms with Crippen molar-refractivity contribution in [1.29, 1.82) is 0 Å². The molecule has 8 heteroatoms. The van der Waals surface area contributed by atoms with Crippen LogP contribution in [0.15, 0.2) is 59.1 Å². The molecule has 2 atom stereocenters. The Labute approximate surface area is 213 Å². The van der Waals surface area contributed by atoms with Gasteiger partial charge in [-0.1, -0.05) is 28.1 Å². The van der Waals surface area contributed by atoms with Gasteiger partial charge in [0.1, 0.15) is 5.75 Å². The molecule has 0 saturated carbocycles. The number of hydrogen-bond acceptors (Lipinski definition) is 5. The summed E-state index contributed by atoms with van der Waals surface area (Å²) in [6, 6.07) is 15.9. The number of methoxy groups -OCH3 is 3. The SMILES string of the molecule is COc1ccc(C2C(C(=O)Nc3ccc(Br)cc3C)c3cc(OC)c(OC)cc3C(=O)N2C)cc1. The number of anilines is 1. The fourth-order valence-corrected chi connectivity index (χ4v) is 5.00. The zero-order valence-corrected chi connectivity index (χ0v) is 21.8. The molecule has 1 aliphatic rings. The van der Waals surface area contributed by atoms with Crippen LogP contribution in [0, 0.1) is 6.92 Å². The molecule has 0 aromatic heterocycles. The number of hydrogen-bond donors (Lipinski definition) is 1. The monoisotopic (exact) mass is 538 g/mol. The summed E-state index contributed by atoms with van der Waals surface area (Å²) in [5.41, 5.74) is 3.42. The first-order valence-corrected chi connectivity index (χ1v) is 11.8. The summed E-state index contributed by atoms with van der Waals surface area (Å²) in [5, 5.41) is 3.08. The average Bonchev–Trinajstić information content (AvgIpc) is 2.86. The van der Waals surface area contributed by atoms with Gasteiger partial charge in [0.25, 0.3) is 5.91 Å². The normalized spacial score (nSPS) is 17.0. The van der Waals surface area contributed by atoms with Crippen LogP contribution in [-0.4, -0.2) is 45.1 Å². The van der Waals surface area contributed by atoms with Crippen LogP contribution in [-0.2, 0) is 4.79 Å². The number of nitrogens with zero attached hydrogens (tertiary/aromatic N) is 1. The molecule has 2 amide bonds. The topological polar surface area (TPSA) is 77.1 Å². The Morgan fingerprint density at radius 3 is 2.20 bits per heavy atom. The van der Waals surface area contributed by atoms with Crippen LogP contribution in [0.3, 0.4) is 0 Å². The van der Waals surface area contributed by atoms with Crippen molar-refractivity contribution in [2.75, 3.05) is 33.7 Å². The van der Waals surface area contributed by atoms with E-state index < -0.39 is 12.0 Å². The zero-order chi connectivity index (χ0) is 25.3. The maximum Gasteiger partial charge on any atom is 0.254 e. The van der Waals surface area contributed by atoms with Crippen LogP contribution in [0.4, 0.5) is 5.69 Å². The Morgan fingerprint density at radius 2 is 1.60 bits per heavy atom. The molecule has 35 heavy (non-hydrogen) atoms. The van der Waals surface area contributed by atoms with E-state index >= 15 is 0 Å². The lowest BCUT2D eigenvalue weighted by atomic mass is 9.79. The van der Waals surface area contributed by atoms with Gasteiger partial charge in [0, 0.05) is 22.8 Å². The van der Waals surface area contributed by atoms with Crippen molar-refractivity contribution in [2.24, 2.45) is 0 Å². The third-order valence-electron chi connectivity index (χ3n) is 6.36. The number of rotatable bonds is 6. The van der Waals surface area contributed by atoms with Crippen molar-refractivity contribution < 1.29 is 23.8 Å². The first-order chi connectivity index (χ1) is 16.8. The number of aryl methyl sites for hydroxylation is 1. The van der Waals surface area contributed by atoms with E-state index in [0.717, 1.165) is 15.6 Å². The average molecular weight is 539 g/mol. The van der Waals surface area contributed by atoms with Crippen molar-refractivity contribution in [1.82, 2.24) is 4.90 Å². The molecule has 0 spiro atoms. The molecule has 3 aromatic rings. The van der Waals surface area contributed by atoms with Gasteiger partial charge in [0.2, 0.25) is 5.91 Å². The third kappa shape index (κ3) is 4.58. The van der Waals surface area contributed by atoms with Crippen molar-refractivity contribution >= 4 is 33.4 Å². The van der Waals surface area contributed by atoms with Gasteiger partial charge in [-0.15, -0.1) is 0 Å². The second kappa shape index (κ2) is 10.00. The number of fused-ring (bicyclic) bond motifs is 1. The predicted molar refractivity (Wildman–Crippen MR) is 138 cm³/mol. The summed E-state index contributed by atoms with van der Waals surface area (Å²) >= 11 is 3.46. The van der Waals surface area contributed by atoms with E-state index in [1.165, 1.54) is 14.2 Å². The lowest BCUT2D eigenvalue weighted by Crippen LogP contribution is -2.44. The highest BCUT2D eigenvalue weighted by Gasteiger charge is 2.43. The van der Waals surface area contributed by atoms with Crippen LogP contribution < -0.4 is 19.5 Å². The van der Waals surface area contributed by atoms with Gasteiger partial charge in [-0.2, -0.15) is 0 Å². The molecule has 1 N–H and O–H groups in total. The van der Waals surface area contributed by atoms with Crippen molar-refractivity contribution in [2.45, 2.75) is 18.9 Å². The van der Waals surface area contributed by atoms with E-state index in [0.29, 0.717) is 34.1 Å². The number of nitrogens with one attached hydrogen (secondary N) is 1. The Kier molecular flexibility index (Phi) is 7.03. The van der Waals surface area contributed by atoms with Gasteiger partial charge in [0.05, 0.1) is 33.3 Å². The minimum atomic E-state index is -0.705. The van der Waals surface area contributed by atoms with Crippen molar-refractivity contribution in [3.05, 3.63) is 81.3 Å². The zero-order valence-electron chi connectivity index (χ0n) is 20.2. The second-order valence-corrected chi connectivity index (χ2v) is 9.27. The summed E-state index contributed by atoms with van der Waals surface area (Å²) in [7, 11) is 6.35. The fraction of sp³-hybridized carbons (Fsp3) is 0.259. The molecule has 1 aliphatic heterocycles. The molecule has 182 valence electrons. The highest BCUT2D eigenvalue weighted by molar-refractivity contribution is 9.10. The summed E-state index contributed by atoms with van der Waals surface area (Å²) in [4.78, 5) is 29.0. The van der Waals surface area contributed by atoms with Crippen LogP contribution in [0.1, 0.15) is 39.0 Å². The Morgan fingerprint density at radius 1 is 0.943 bits per heavy atom. The molecule has 0 radical (unpaired) electrons. The summed E-state index contributed by atoms with van der Waals surface area (Å²) in [6.45, 7) is 1.93. The van der Waals surface area contributed by atoms with E-state index in [2.05, 4.69) is 21.2 Å². The molecule has 4 rings (SSSR count). The number of amides is 2. The minimum Gasteiger partial charge on any atom is -0.497 e. The molecular weight excluding hydrogens is 512 g/mol. The Bertz CT molecular complexity index is 1280. The predicted octanol–water partition coefficient (Wildman–Crippen LogP) is 5.33. The first kappa shape index (κ1) is 24.6. The summed E-state index contributed by atoms with van der Waals surface area (Å²) in [6.07, 6.45) is 0. The first-order valence-electron chi connectivity index (χ1n) is 11.0. The van der Waals surface area contributed by atoms with Gasteiger partial charge >= 0.3 is 0 Å². The number of ether oxygens (including phenoxy) is 3. The van der Waals surface area contributed by atoms with E-state index in [1.807, 2.05) is 49.4 Å². The van der Waals surface area contributed by atoms with Gasteiger partial charge in [-0.05, 0) is 66.1 Å². The molecule has 0 saturated heterocycles. The molecule has 1 heterocycles. The second-order valence-electron chi connectivity index (χ2n) is 8.35. The standard InChI is InChI=1S/C27H27BrN2O5/c1-15-12-17(28)8-11-21(15)29-26(31)24-19-13-22(34-4)23(35-5)14-20(19)27(32)30(2)25(24)16-6-9-18(33-3)10-7-16/h6-14,24-25H,1-5H3,(H,29,31). The van der Waals surface area contributed by atoms with Gasteiger partial charge in [-0.3, -0.25) is 9.59 Å². The Hall–Kier alpha value is -3.52. The largest absolute Gasteiger partial charge is 0.497 e. The summed E-state index contributed by atoms with van der Waals surface area (Å²) in [5.74, 6) is 0.434. The van der Waals surface area contributed by atoms with Gasteiger partial charge < -0.3 is 24.4 Å². The molecule has 0 fully saturated rings. The Balaban J connectivity index is 1.87. The van der Waals surface area contributed by atoms with E-state index in [1.54, 1.807) is 31.2 Å². The number of carbonyl (C=O) groups excluding carboxylic acids is 2. The molecular formula is C27H27BrN2O5. The van der Waals surface area contributed by atoms with Crippen LogP contribution in [0.5, 0.6) is 17.2 Å². The van der Waals surface area contributed by atoms with Crippen molar-refractivity contribution in [3.8, 4) is 17.2 Å². The number of carbonyl (C=O) groups is 2. The lowest BCUT2D eigenvalue weighted by Gasteiger charge is -2.40. The van der Waals surface area contributed by atoms with Crippen LogP contribution in [0.25, 0.3) is 0 Å². The van der Waals surface area contributed by atoms with E-state index in [-0.39, 0.29) is 11.8 Å². The number of benzene rings is 3. The minimum absolute atomic E-state index is 0.203. The van der Waals surface area contributed by atoms with E-state index in [9.17, 15) is 9.59 Å². The van der Waals surface area contributed by atoms with Crippen LogP contribution in [0.2, 0.25) is 0 Å². The summed E-state index contributed by atoms with van der Waals surface area (Å²) < 4.78 is 17.2. The lowest BCUT2D eigenvalue weighted by molar-refractivity contribution is -0.119. The fourth-order valence-electron chi connectivity index (χ4n) is 4.53.